The van der Waals surface area contributed by atoms with Crippen LogP contribution in [0.1, 0.15) is 57.1 Å². The van der Waals surface area contributed by atoms with Crippen molar-refractivity contribution in [2.24, 2.45) is 20.7 Å². The molecule has 1 saturated heterocycles. The first-order valence-corrected chi connectivity index (χ1v) is 11.5. The highest BCUT2D eigenvalue weighted by atomic mass is 32.2. The van der Waals surface area contributed by atoms with Gasteiger partial charge in [0.15, 0.2) is 5.84 Å². The van der Waals surface area contributed by atoms with Crippen LogP contribution in [0, 0.1) is 0 Å². The molecule has 3 N–H and O–H groups in total. The van der Waals surface area contributed by atoms with Gasteiger partial charge in [-0.25, -0.2) is 4.99 Å². The average Bonchev–Trinajstić information content (AvgIpc) is 2.70. The van der Waals surface area contributed by atoms with E-state index in [1.807, 2.05) is 13.8 Å². The van der Waals surface area contributed by atoms with Crippen LogP contribution < -0.4 is 15.8 Å². The topological polar surface area (TPSA) is 84.4 Å². The zero-order valence-corrected chi connectivity index (χ0v) is 18.6. The van der Waals surface area contributed by atoms with Gasteiger partial charge in [0.25, 0.3) is 0 Å². The maximum atomic E-state index is 6.14. The van der Waals surface area contributed by atoms with E-state index < -0.39 is 0 Å². The molecule has 1 aromatic rings. The van der Waals surface area contributed by atoms with E-state index in [1.165, 1.54) is 18.4 Å². The zero-order valence-electron chi connectivity index (χ0n) is 17.8. The molecule has 0 bridgehead atoms. The van der Waals surface area contributed by atoms with Gasteiger partial charge in [-0.2, -0.15) is 0 Å². The predicted octanol–water partition coefficient (Wildman–Crippen LogP) is 3.75. The van der Waals surface area contributed by atoms with Crippen LogP contribution in [0.15, 0.2) is 33.2 Å². The van der Waals surface area contributed by atoms with E-state index in [9.17, 15) is 0 Å². The highest BCUT2D eigenvalue weighted by Gasteiger charge is 2.18. The summed E-state index contributed by atoms with van der Waals surface area (Å²) in [5.41, 5.74) is 8.31. The molecule has 0 radical (unpaired) electrons. The molecule has 0 amide bonds. The van der Waals surface area contributed by atoms with Gasteiger partial charge in [-0.05, 0) is 64.1 Å². The number of hydrogen-bond acceptors (Lipinski definition) is 5. The van der Waals surface area contributed by atoms with Gasteiger partial charge >= 0.3 is 0 Å². The number of nitrogens with two attached hydrogens (primary N) is 1. The van der Waals surface area contributed by atoms with Crippen LogP contribution >= 0.6 is 11.8 Å². The van der Waals surface area contributed by atoms with Gasteiger partial charge in [-0.1, -0.05) is 12.1 Å². The second-order valence-corrected chi connectivity index (χ2v) is 8.97. The number of thioether (sulfide) groups is 1. The monoisotopic (exact) mass is 415 g/mol. The van der Waals surface area contributed by atoms with Crippen molar-refractivity contribution in [1.82, 2.24) is 5.32 Å². The van der Waals surface area contributed by atoms with Crippen LogP contribution in [0.5, 0.6) is 5.75 Å². The maximum absolute atomic E-state index is 6.14. The van der Waals surface area contributed by atoms with Crippen molar-refractivity contribution in [2.45, 2.75) is 58.5 Å². The lowest BCUT2D eigenvalue weighted by Crippen LogP contribution is -2.28. The van der Waals surface area contributed by atoms with Gasteiger partial charge in [0.2, 0.25) is 0 Å². The van der Waals surface area contributed by atoms with Gasteiger partial charge in [0.05, 0.1) is 19.0 Å². The Morgan fingerprint density at radius 3 is 2.93 bits per heavy atom. The molecule has 2 aliphatic rings. The maximum Gasteiger partial charge on any atom is 0.181 e. The van der Waals surface area contributed by atoms with Crippen molar-refractivity contribution < 1.29 is 4.74 Å². The van der Waals surface area contributed by atoms with E-state index in [-0.39, 0.29) is 6.04 Å². The molecular weight excluding hydrogens is 382 g/mol. The van der Waals surface area contributed by atoms with E-state index in [2.05, 4.69) is 33.5 Å². The van der Waals surface area contributed by atoms with Crippen LogP contribution in [-0.2, 0) is 6.54 Å². The van der Waals surface area contributed by atoms with E-state index in [4.69, 9.17) is 15.5 Å². The lowest BCUT2D eigenvalue weighted by atomic mass is 9.91. The number of piperidine rings is 1. The van der Waals surface area contributed by atoms with Crippen molar-refractivity contribution in [2.75, 3.05) is 25.4 Å². The van der Waals surface area contributed by atoms with Crippen molar-refractivity contribution in [3.63, 3.8) is 0 Å². The van der Waals surface area contributed by atoms with Crippen molar-refractivity contribution in [1.29, 1.82) is 0 Å². The summed E-state index contributed by atoms with van der Waals surface area (Å²) in [6.45, 7) is 9.29. The average molecular weight is 416 g/mol. The lowest BCUT2D eigenvalue weighted by molar-refractivity contribution is 0.314. The highest BCUT2D eigenvalue weighted by Crippen LogP contribution is 2.30. The molecule has 2 aliphatic heterocycles. The first kappa shape index (κ1) is 21.8. The SMILES string of the molecule is CC(N)=NC(=NC(C)C)C1=NCc2ccc(C3CCCNC3)cc2OCCCS1. The van der Waals surface area contributed by atoms with Crippen LogP contribution in [0.4, 0.5) is 0 Å². The van der Waals surface area contributed by atoms with E-state index >= 15 is 0 Å². The van der Waals surface area contributed by atoms with E-state index in [1.54, 1.807) is 18.7 Å². The van der Waals surface area contributed by atoms with Crippen LogP contribution in [0.2, 0.25) is 0 Å². The molecule has 0 aromatic heterocycles. The van der Waals surface area contributed by atoms with E-state index in [0.29, 0.717) is 30.7 Å². The molecule has 2 heterocycles. The molecule has 1 atom stereocenters. The number of amidine groups is 2. The molecule has 1 aromatic carbocycles. The molecule has 29 heavy (non-hydrogen) atoms. The summed E-state index contributed by atoms with van der Waals surface area (Å²) in [5, 5.41) is 4.36. The fraction of sp³-hybridized carbons (Fsp3) is 0.591. The quantitative estimate of drug-likeness (QED) is 0.582. The summed E-state index contributed by atoms with van der Waals surface area (Å²) in [6.07, 6.45) is 3.40. The summed E-state index contributed by atoms with van der Waals surface area (Å²) in [5.74, 6) is 3.58. The number of fused-ring (bicyclic) bond motifs is 1. The van der Waals surface area contributed by atoms with Gasteiger partial charge < -0.3 is 15.8 Å². The van der Waals surface area contributed by atoms with Gasteiger partial charge in [-0.15, -0.1) is 11.8 Å². The minimum Gasteiger partial charge on any atom is -0.493 e. The molecule has 1 fully saturated rings. The van der Waals surface area contributed by atoms with E-state index in [0.717, 1.165) is 41.6 Å². The van der Waals surface area contributed by atoms with Crippen molar-refractivity contribution in [3.05, 3.63) is 29.3 Å². The summed E-state index contributed by atoms with van der Waals surface area (Å²) in [6, 6.07) is 6.76. The Balaban J connectivity index is 1.88. The largest absolute Gasteiger partial charge is 0.493 e. The number of nitrogens with zero attached hydrogens (tertiary/aromatic N) is 3. The number of benzene rings is 1. The fourth-order valence-corrected chi connectivity index (χ4v) is 4.36. The first-order valence-electron chi connectivity index (χ1n) is 10.6. The molecule has 6 nitrogen and oxygen atoms in total. The second kappa shape index (κ2) is 10.8. The minimum absolute atomic E-state index is 0.133. The summed E-state index contributed by atoms with van der Waals surface area (Å²) >= 11 is 1.68. The molecule has 1 unspecified atom stereocenters. The van der Waals surface area contributed by atoms with Crippen molar-refractivity contribution >= 4 is 28.5 Å². The third-order valence-corrected chi connectivity index (χ3v) is 5.97. The molecule has 3 rings (SSSR count). The summed E-state index contributed by atoms with van der Waals surface area (Å²) in [4.78, 5) is 14.0. The Morgan fingerprint density at radius 1 is 1.34 bits per heavy atom. The normalized spacial score (nSPS) is 21.9. The lowest BCUT2D eigenvalue weighted by Gasteiger charge is -2.24. The highest BCUT2D eigenvalue weighted by molar-refractivity contribution is 8.15. The van der Waals surface area contributed by atoms with Crippen LogP contribution in [-0.4, -0.2) is 48.2 Å². The molecule has 0 aliphatic carbocycles. The van der Waals surface area contributed by atoms with Gasteiger partial charge in [0, 0.05) is 23.9 Å². The van der Waals surface area contributed by atoms with Crippen LogP contribution in [0.3, 0.4) is 0 Å². The molecular formula is C22H33N5OS. The molecule has 0 saturated carbocycles. The Bertz CT molecular complexity index is 777. The van der Waals surface area contributed by atoms with Gasteiger partial charge in [-0.3, -0.25) is 9.98 Å². The molecule has 0 spiro atoms. The number of hydrogen-bond donors (Lipinski definition) is 2. The minimum atomic E-state index is 0.133. The standard InChI is InChI=1S/C22H33N5OS/c1-15(2)26-21(27-16(3)23)22-25-14-19-8-7-17(18-6-4-9-24-13-18)12-20(19)28-10-5-11-29-22/h7-8,12,15,18,24H,4-6,9-11,13-14H2,1-3H3,(H2,23,26,27). The predicted molar refractivity (Wildman–Crippen MR) is 125 cm³/mol. The molecule has 158 valence electrons. The van der Waals surface area contributed by atoms with Gasteiger partial charge in [0.1, 0.15) is 10.8 Å². The summed E-state index contributed by atoms with van der Waals surface area (Å²) in [7, 11) is 0. The Hall–Kier alpha value is -1.86. The third-order valence-electron chi connectivity index (χ3n) is 4.89. The Labute approximate surface area is 178 Å². The summed E-state index contributed by atoms with van der Waals surface area (Å²) < 4.78 is 6.14. The Morgan fingerprint density at radius 2 is 2.21 bits per heavy atom. The number of aliphatic imine (C=N–C) groups is 3. The van der Waals surface area contributed by atoms with Crippen molar-refractivity contribution in [3.8, 4) is 5.75 Å². The zero-order chi connectivity index (χ0) is 20.6. The smallest absolute Gasteiger partial charge is 0.181 e. The fourth-order valence-electron chi connectivity index (χ4n) is 3.52. The second-order valence-electron chi connectivity index (χ2n) is 7.88. The van der Waals surface area contributed by atoms with Crippen LogP contribution in [0.25, 0.3) is 0 Å². The number of rotatable bonds is 3. The number of nitrogens with one attached hydrogen (secondary N) is 1. The number of ether oxygens (including phenoxy) is 1. The Kier molecular flexibility index (Phi) is 8.12. The third kappa shape index (κ3) is 6.57. The molecule has 7 heteroatoms. The first-order chi connectivity index (χ1) is 14.0.